The summed E-state index contributed by atoms with van der Waals surface area (Å²) >= 11 is 5.86. The van der Waals surface area contributed by atoms with Gasteiger partial charge in [0.1, 0.15) is 0 Å². The summed E-state index contributed by atoms with van der Waals surface area (Å²) in [5, 5.41) is 0.497. The molecular formula is C14H19ClN2O. The summed E-state index contributed by atoms with van der Waals surface area (Å²) < 4.78 is 0. The molecule has 1 amide bonds. The number of nitrogens with zero attached hydrogens (tertiary/aromatic N) is 1. The lowest BCUT2D eigenvalue weighted by atomic mass is 9.94. The van der Waals surface area contributed by atoms with Gasteiger partial charge >= 0.3 is 0 Å². The van der Waals surface area contributed by atoms with E-state index in [1.807, 2.05) is 4.90 Å². The second-order valence-electron chi connectivity index (χ2n) is 4.88. The highest BCUT2D eigenvalue weighted by atomic mass is 35.5. The van der Waals surface area contributed by atoms with Gasteiger partial charge in [0, 0.05) is 18.7 Å². The summed E-state index contributed by atoms with van der Waals surface area (Å²) in [5.74, 6) is 0.831. The van der Waals surface area contributed by atoms with Gasteiger partial charge in [-0.25, -0.2) is 0 Å². The van der Waals surface area contributed by atoms with E-state index in [0.717, 1.165) is 31.8 Å². The highest BCUT2D eigenvalue weighted by Gasteiger charge is 2.22. The third-order valence-electron chi connectivity index (χ3n) is 3.72. The molecule has 1 saturated heterocycles. The zero-order chi connectivity index (χ0) is 13.1. The molecule has 4 heteroatoms. The Balaban J connectivity index is 2.05. The van der Waals surface area contributed by atoms with Crippen LogP contribution in [0.3, 0.4) is 0 Å². The maximum absolute atomic E-state index is 12.3. The van der Waals surface area contributed by atoms with Crippen LogP contribution in [0.4, 0.5) is 5.69 Å². The highest BCUT2D eigenvalue weighted by Crippen LogP contribution is 2.24. The van der Waals surface area contributed by atoms with Gasteiger partial charge in [-0.15, -0.1) is 0 Å². The number of rotatable bonds is 2. The van der Waals surface area contributed by atoms with Gasteiger partial charge in [-0.05, 0) is 37.0 Å². The quantitative estimate of drug-likeness (QED) is 0.836. The molecular weight excluding hydrogens is 248 g/mol. The van der Waals surface area contributed by atoms with Crippen LogP contribution in [0.25, 0.3) is 0 Å². The molecule has 0 bridgehead atoms. The molecule has 1 fully saturated rings. The van der Waals surface area contributed by atoms with Crippen molar-refractivity contribution >= 4 is 23.2 Å². The van der Waals surface area contributed by atoms with Crippen LogP contribution in [0.15, 0.2) is 18.2 Å². The molecule has 0 aliphatic carbocycles. The van der Waals surface area contributed by atoms with E-state index in [9.17, 15) is 4.79 Å². The first kappa shape index (κ1) is 13.2. The highest BCUT2D eigenvalue weighted by molar-refractivity contribution is 6.33. The number of likely N-dealkylation sites (tertiary alicyclic amines) is 1. The fourth-order valence-electron chi connectivity index (χ4n) is 2.40. The minimum Gasteiger partial charge on any atom is -0.398 e. The van der Waals surface area contributed by atoms with E-state index in [-0.39, 0.29) is 5.91 Å². The van der Waals surface area contributed by atoms with Crippen molar-refractivity contribution < 1.29 is 4.79 Å². The summed E-state index contributed by atoms with van der Waals surface area (Å²) in [7, 11) is 0. The summed E-state index contributed by atoms with van der Waals surface area (Å²) in [5.41, 5.74) is 6.82. The molecule has 1 aliphatic rings. The van der Waals surface area contributed by atoms with Crippen LogP contribution in [0.5, 0.6) is 0 Å². The first-order valence-corrected chi connectivity index (χ1v) is 6.84. The van der Waals surface area contributed by atoms with E-state index in [1.54, 1.807) is 18.2 Å². The number of benzene rings is 1. The molecule has 0 unspecified atom stereocenters. The Morgan fingerprint density at radius 2 is 2.11 bits per heavy atom. The Morgan fingerprint density at radius 3 is 2.67 bits per heavy atom. The van der Waals surface area contributed by atoms with Gasteiger partial charge in [0.15, 0.2) is 0 Å². The van der Waals surface area contributed by atoms with Crippen molar-refractivity contribution in [2.24, 2.45) is 5.92 Å². The van der Waals surface area contributed by atoms with Crippen LogP contribution in [-0.2, 0) is 0 Å². The van der Waals surface area contributed by atoms with Crippen molar-refractivity contribution in [3.05, 3.63) is 28.8 Å². The normalized spacial score (nSPS) is 16.9. The minimum atomic E-state index is 0.0629. The number of carbonyl (C=O) groups excluding carboxylic acids is 1. The number of halogens is 1. The van der Waals surface area contributed by atoms with Gasteiger partial charge in [0.25, 0.3) is 5.91 Å². The topological polar surface area (TPSA) is 46.3 Å². The van der Waals surface area contributed by atoms with Crippen LogP contribution < -0.4 is 5.73 Å². The minimum absolute atomic E-state index is 0.0629. The molecule has 2 rings (SSSR count). The van der Waals surface area contributed by atoms with E-state index in [1.165, 1.54) is 6.42 Å². The van der Waals surface area contributed by atoms with Crippen molar-refractivity contribution in [2.45, 2.75) is 26.2 Å². The average molecular weight is 267 g/mol. The van der Waals surface area contributed by atoms with Gasteiger partial charge in [0.2, 0.25) is 0 Å². The molecule has 0 atom stereocenters. The third kappa shape index (κ3) is 2.78. The maximum Gasteiger partial charge on any atom is 0.253 e. The Labute approximate surface area is 113 Å². The molecule has 98 valence electrons. The molecule has 1 heterocycles. The zero-order valence-electron chi connectivity index (χ0n) is 10.7. The number of nitrogen functional groups attached to an aromatic ring is 1. The molecule has 1 aliphatic heterocycles. The Bertz CT molecular complexity index is 439. The number of nitrogens with two attached hydrogens (primary N) is 1. The first-order chi connectivity index (χ1) is 8.61. The van der Waals surface area contributed by atoms with Crippen LogP contribution in [0.2, 0.25) is 5.02 Å². The number of piperidine rings is 1. The molecule has 3 nitrogen and oxygen atoms in total. The fraction of sp³-hybridized carbons (Fsp3) is 0.500. The largest absolute Gasteiger partial charge is 0.398 e. The number of hydrogen-bond donors (Lipinski definition) is 1. The van der Waals surface area contributed by atoms with E-state index in [0.29, 0.717) is 16.3 Å². The van der Waals surface area contributed by atoms with Gasteiger partial charge in [0.05, 0.1) is 10.7 Å². The SMILES string of the molecule is CCC1CCN(C(=O)c2ccc(Cl)c(N)c2)CC1. The lowest BCUT2D eigenvalue weighted by Crippen LogP contribution is -2.38. The monoisotopic (exact) mass is 266 g/mol. The molecule has 18 heavy (non-hydrogen) atoms. The van der Waals surface area contributed by atoms with Crippen molar-refractivity contribution in [1.82, 2.24) is 4.90 Å². The van der Waals surface area contributed by atoms with Crippen LogP contribution in [0.1, 0.15) is 36.5 Å². The van der Waals surface area contributed by atoms with Gasteiger partial charge in [-0.2, -0.15) is 0 Å². The number of anilines is 1. The number of hydrogen-bond acceptors (Lipinski definition) is 2. The molecule has 0 saturated carbocycles. The Hall–Kier alpha value is -1.22. The Kier molecular flexibility index (Phi) is 4.12. The average Bonchev–Trinajstić information content (AvgIpc) is 2.41. The van der Waals surface area contributed by atoms with Gasteiger partial charge in [-0.3, -0.25) is 4.79 Å². The Morgan fingerprint density at radius 1 is 1.44 bits per heavy atom. The third-order valence-corrected chi connectivity index (χ3v) is 4.07. The van der Waals surface area contributed by atoms with E-state index in [4.69, 9.17) is 17.3 Å². The molecule has 1 aromatic carbocycles. The molecule has 0 aromatic heterocycles. The lowest BCUT2D eigenvalue weighted by molar-refractivity contribution is 0.0689. The van der Waals surface area contributed by atoms with Crippen LogP contribution in [-0.4, -0.2) is 23.9 Å². The summed E-state index contributed by atoms with van der Waals surface area (Å²) in [6.07, 6.45) is 3.41. The number of carbonyl (C=O) groups is 1. The van der Waals surface area contributed by atoms with Crippen molar-refractivity contribution in [3.63, 3.8) is 0 Å². The first-order valence-electron chi connectivity index (χ1n) is 6.46. The van der Waals surface area contributed by atoms with Gasteiger partial charge in [-0.1, -0.05) is 24.9 Å². The zero-order valence-corrected chi connectivity index (χ0v) is 11.4. The maximum atomic E-state index is 12.3. The fourth-order valence-corrected chi connectivity index (χ4v) is 2.52. The van der Waals surface area contributed by atoms with Crippen molar-refractivity contribution in [2.75, 3.05) is 18.8 Å². The molecule has 2 N–H and O–H groups in total. The van der Waals surface area contributed by atoms with Gasteiger partial charge < -0.3 is 10.6 Å². The van der Waals surface area contributed by atoms with Crippen LogP contribution >= 0.6 is 11.6 Å². The summed E-state index contributed by atoms with van der Waals surface area (Å²) in [4.78, 5) is 14.2. The standard InChI is InChI=1S/C14H19ClN2O/c1-2-10-5-7-17(8-6-10)14(18)11-3-4-12(15)13(16)9-11/h3-4,9-10H,2,5-8,16H2,1H3. The summed E-state index contributed by atoms with van der Waals surface area (Å²) in [6.45, 7) is 3.90. The van der Waals surface area contributed by atoms with E-state index >= 15 is 0 Å². The predicted octanol–water partition coefficient (Wildman–Crippen LogP) is 3.18. The van der Waals surface area contributed by atoms with Crippen LogP contribution in [0, 0.1) is 5.92 Å². The second-order valence-corrected chi connectivity index (χ2v) is 5.29. The second kappa shape index (κ2) is 5.61. The number of amides is 1. The molecule has 1 aromatic rings. The predicted molar refractivity (Wildman–Crippen MR) is 74.8 cm³/mol. The van der Waals surface area contributed by atoms with E-state index < -0.39 is 0 Å². The molecule has 0 radical (unpaired) electrons. The summed E-state index contributed by atoms with van der Waals surface area (Å²) in [6, 6.07) is 5.09. The lowest BCUT2D eigenvalue weighted by Gasteiger charge is -2.31. The molecule has 0 spiro atoms. The smallest absolute Gasteiger partial charge is 0.253 e. The van der Waals surface area contributed by atoms with Crippen molar-refractivity contribution in [3.8, 4) is 0 Å². The van der Waals surface area contributed by atoms with Crippen molar-refractivity contribution in [1.29, 1.82) is 0 Å². The van der Waals surface area contributed by atoms with E-state index in [2.05, 4.69) is 6.92 Å².